The minimum absolute atomic E-state index is 0.00631. The average molecular weight is 292 g/mol. The van der Waals surface area contributed by atoms with Gasteiger partial charge in [0, 0.05) is 38.4 Å². The largest absolute Gasteiger partial charge is 0.384 e. The minimum Gasteiger partial charge on any atom is -0.384 e. The number of hydrogen-bond acceptors (Lipinski definition) is 3. The van der Waals surface area contributed by atoms with E-state index in [9.17, 15) is 4.79 Å². The SMILES string of the molecule is CCN(CC)C(=O)NCc1ccc(NCCN(C)C)cc1. The van der Waals surface area contributed by atoms with Crippen molar-refractivity contribution in [3.63, 3.8) is 0 Å². The van der Waals surface area contributed by atoms with Gasteiger partial charge in [0.25, 0.3) is 0 Å². The molecule has 1 aromatic rings. The molecular formula is C16H28N4O. The van der Waals surface area contributed by atoms with Crippen molar-refractivity contribution >= 4 is 11.7 Å². The monoisotopic (exact) mass is 292 g/mol. The van der Waals surface area contributed by atoms with Crippen molar-refractivity contribution in [2.45, 2.75) is 20.4 Å². The molecule has 0 bridgehead atoms. The Balaban J connectivity index is 2.39. The van der Waals surface area contributed by atoms with Gasteiger partial charge in [-0.05, 0) is 45.6 Å². The molecule has 0 spiro atoms. The summed E-state index contributed by atoms with van der Waals surface area (Å²) >= 11 is 0. The number of benzene rings is 1. The fourth-order valence-corrected chi connectivity index (χ4v) is 1.96. The number of carbonyl (C=O) groups excluding carboxylic acids is 1. The van der Waals surface area contributed by atoms with Gasteiger partial charge < -0.3 is 20.4 Å². The Bertz CT molecular complexity index is 413. The summed E-state index contributed by atoms with van der Waals surface area (Å²) in [6.07, 6.45) is 0. The second-order valence-corrected chi connectivity index (χ2v) is 5.26. The summed E-state index contributed by atoms with van der Waals surface area (Å²) in [6, 6.07) is 8.18. The second kappa shape index (κ2) is 9.23. The Hall–Kier alpha value is -1.75. The highest BCUT2D eigenvalue weighted by Gasteiger charge is 2.07. The number of anilines is 1. The summed E-state index contributed by atoms with van der Waals surface area (Å²) < 4.78 is 0. The van der Waals surface area contributed by atoms with E-state index >= 15 is 0 Å². The van der Waals surface area contributed by atoms with Crippen LogP contribution in [-0.2, 0) is 6.54 Å². The third-order valence-electron chi connectivity index (χ3n) is 3.34. The highest BCUT2D eigenvalue weighted by molar-refractivity contribution is 5.74. The number of urea groups is 1. The zero-order chi connectivity index (χ0) is 15.7. The van der Waals surface area contributed by atoms with Crippen LogP contribution in [0.25, 0.3) is 0 Å². The maximum Gasteiger partial charge on any atom is 0.317 e. The fourth-order valence-electron chi connectivity index (χ4n) is 1.96. The van der Waals surface area contributed by atoms with Gasteiger partial charge in [-0.25, -0.2) is 4.79 Å². The first kappa shape index (κ1) is 17.3. The molecule has 0 saturated heterocycles. The van der Waals surface area contributed by atoms with E-state index in [1.54, 1.807) is 4.90 Å². The predicted molar refractivity (Wildman–Crippen MR) is 88.6 cm³/mol. The van der Waals surface area contributed by atoms with Gasteiger partial charge in [-0.3, -0.25) is 0 Å². The zero-order valence-corrected chi connectivity index (χ0v) is 13.6. The van der Waals surface area contributed by atoms with Crippen LogP contribution in [0.3, 0.4) is 0 Å². The first-order chi connectivity index (χ1) is 10.1. The van der Waals surface area contributed by atoms with Gasteiger partial charge in [0.1, 0.15) is 0 Å². The quantitative estimate of drug-likeness (QED) is 0.772. The molecule has 5 nitrogen and oxygen atoms in total. The standard InChI is InChI=1S/C16H28N4O/c1-5-20(6-2)16(21)18-13-14-7-9-15(10-8-14)17-11-12-19(3)4/h7-10,17H,5-6,11-13H2,1-4H3,(H,18,21). The maximum absolute atomic E-state index is 11.8. The highest BCUT2D eigenvalue weighted by atomic mass is 16.2. The fraction of sp³-hybridized carbons (Fsp3) is 0.562. The van der Waals surface area contributed by atoms with Crippen LogP contribution in [-0.4, -0.2) is 56.1 Å². The summed E-state index contributed by atoms with van der Waals surface area (Å²) in [5.41, 5.74) is 2.21. The van der Waals surface area contributed by atoms with Gasteiger partial charge in [0.05, 0.1) is 0 Å². The Kier molecular flexibility index (Phi) is 7.61. The Morgan fingerprint density at radius 1 is 1.10 bits per heavy atom. The molecule has 2 amide bonds. The van der Waals surface area contributed by atoms with Crippen molar-refractivity contribution in [2.24, 2.45) is 0 Å². The lowest BCUT2D eigenvalue weighted by Gasteiger charge is -2.19. The van der Waals surface area contributed by atoms with Crippen LogP contribution in [0.5, 0.6) is 0 Å². The Morgan fingerprint density at radius 3 is 2.24 bits per heavy atom. The number of carbonyl (C=O) groups is 1. The molecule has 1 aromatic carbocycles. The molecule has 0 aliphatic heterocycles. The molecule has 1 rings (SSSR count). The molecule has 0 saturated carbocycles. The zero-order valence-electron chi connectivity index (χ0n) is 13.6. The Labute approximate surface area is 128 Å². The van der Waals surface area contributed by atoms with Crippen molar-refractivity contribution in [1.29, 1.82) is 0 Å². The number of nitrogens with zero attached hydrogens (tertiary/aromatic N) is 2. The van der Waals surface area contributed by atoms with E-state index in [0.717, 1.165) is 37.4 Å². The van der Waals surface area contributed by atoms with Gasteiger partial charge in [0.15, 0.2) is 0 Å². The van der Waals surface area contributed by atoms with Crippen molar-refractivity contribution in [1.82, 2.24) is 15.1 Å². The molecule has 0 heterocycles. The summed E-state index contributed by atoms with van der Waals surface area (Å²) in [4.78, 5) is 15.8. The first-order valence-electron chi connectivity index (χ1n) is 7.57. The van der Waals surface area contributed by atoms with E-state index in [1.807, 2.05) is 26.0 Å². The van der Waals surface area contributed by atoms with Gasteiger partial charge in [0.2, 0.25) is 0 Å². The van der Waals surface area contributed by atoms with E-state index in [1.165, 1.54) is 0 Å². The van der Waals surface area contributed by atoms with Crippen LogP contribution in [0.4, 0.5) is 10.5 Å². The molecule has 2 N–H and O–H groups in total. The summed E-state index contributed by atoms with van der Waals surface area (Å²) in [7, 11) is 4.12. The minimum atomic E-state index is -0.00631. The lowest BCUT2D eigenvalue weighted by molar-refractivity contribution is 0.203. The molecule has 5 heteroatoms. The van der Waals surface area contributed by atoms with Crippen LogP contribution < -0.4 is 10.6 Å². The molecule has 118 valence electrons. The van der Waals surface area contributed by atoms with E-state index < -0.39 is 0 Å². The molecule has 0 unspecified atom stereocenters. The maximum atomic E-state index is 11.8. The molecule has 0 aliphatic carbocycles. The number of rotatable bonds is 8. The van der Waals surface area contributed by atoms with Crippen molar-refractivity contribution in [3.05, 3.63) is 29.8 Å². The van der Waals surface area contributed by atoms with Gasteiger partial charge in [-0.2, -0.15) is 0 Å². The molecule has 0 radical (unpaired) electrons. The van der Waals surface area contributed by atoms with E-state index in [-0.39, 0.29) is 6.03 Å². The molecular weight excluding hydrogens is 264 g/mol. The van der Waals surface area contributed by atoms with E-state index in [0.29, 0.717) is 6.54 Å². The normalized spacial score (nSPS) is 10.5. The number of hydrogen-bond donors (Lipinski definition) is 2. The van der Waals surface area contributed by atoms with Crippen LogP contribution >= 0.6 is 0 Å². The topological polar surface area (TPSA) is 47.6 Å². The van der Waals surface area contributed by atoms with Crippen molar-refractivity contribution in [2.75, 3.05) is 45.6 Å². The third kappa shape index (κ3) is 6.49. The van der Waals surface area contributed by atoms with E-state index in [4.69, 9.17) is 0 Å². The summed E-state index contributed by atoms with van der Waals surface area (Å²) in [5.74, 6) is 0. The second-order valence-electron chi connectivity index (χ2n) is 5.26. The van der Waals surface area contributed by atoms with Crippen molar-refractivity contribution < 1.29 is 4.79 Å². The molecule has 0 aliphatic rings. The molecule has 0 fully saturated rings. The Morgan fingerprint density at radius 2 is 1.71 bits per heavy atom. The van der Waals surface area contributed by atoms with Crippen LogP contribution in [0.2, 0.25) is 0 Å². The summed E-state index contributed by atoms with van der Waals surface area (Å²) in [6.45, 7) is 7.92. The molecule has 21 heavy (non-hydrogen) atoms. The third-order valence-corrected chi connectivity index (χ3v) is 3.34. The van der Waals surface area contributed by atoms with Crippen molar-refractivity contribution in [3.8, 4) is 0 Å². The number of amides is 2. The van der Waals surface area contributed by atoms with Gasteiger partial charge in [-0.1, -0.05) is 12.1 Å². The van der Waals surface area contributed by atoms with Gasteiger partial charge >= 0.3 is 6.03 Å². The van der Waals surface area contributed by atoms with Gasteiger partial charge in [-0.15, -0.1) is 0 Å². The lowest BCUT2D eigenvalue weighted by atomic mass is 10.2. The first-order valence-corrected chi connectivity index (χ1v) is 7.57. The number of nitrogens with one attached hydrogen (secondary N) is 2. The lowest BCUT2D eigenvalue weighted by Crippen LogP contribution is -2.39. The predicted octanol–water partition coefficient (Wildman–Crippen LogP) is 2.21. The van der Waals surface area contributed by atoms with Crippen LogP contribution in [0.15, 0.2) is 24.3 Å². The van der Waals surface area contributed by atoms with E-state index in [2.05, 4.69) is 41.8 Å². The average Bonchev–Trinajstić information content (AvgIpc) is 2.47. The van der Waals surface area contributed by atoms with Crippen LogP contribution in [0.1, 0.15) is 19.4 Å². The highest BCUT2D eigenvalue weighted by Crippen LogP contribution is 2.09. The number of likely N-dealkylation sites (N-methyl/N-ethyl adjacent to an activating group) is 1. The summed E-state index contributed by atoms with van der Waals surface area (Å²) in [5, 5.41) is 6.31. The van der Waals surface area contributed by atoms with Crippen LogP contribution in [0, 0.1) is 0 Å². The molecule has 0 aromatic heterocycles. The smallest absolute Gasteiger partial charge is 0.317 e. The molecule has 0 atom stereocenters.